The van der Waals surface area contributed by atoms with Crippen molar-refractivity contribution >= 4 is 39.5 Å². The lowest BCUT2D eigenvalue weighted by molar-refractivity contribution is -0.161. The van der Waals surface area contributed by atoms with Crippen LogP contribution >= 0.6 is 15.6 Å². The van der Waals surface area contributed by atoms with E-state index in [-0.39, 0.29) is 25.7 Å². The molecule has 0 saturated heterocycles. The number of allylic oxidation sites excluding steroid dienone is 23. The molecule has 0 aliphatic rings. The van der Waals surface area contributed by atoms with E-state index < -0.39 is 97.5 Å². The van der Waals surface area contributed by atoms with Gasteiger partial charge in [-0.25, -0.2) is 9.13 Å². The van der Waals surface area contributed by atoms with Crippen LogP contribution in [0.4, 0.5) is 0 Å². The third-order valence-electron chi connectivity index (χ3n) is 15.3. The van der Waals surface area contributed by atoms with Crippen LogP contribution < -0.4 is 0 Å². The first-order valence-electron chi connectivity index (χ1n) is 38.1. The lowest BCUT2D eigenvalue weighted by Gasteiger charge is -2.21. The van der Waals surface area contributed by atoms with Gasteiger partial charge in [0.15, 0.2) is 12.2 Å². The fourth-order valence-corrected chi connectivity index (χ4v) is 11.2. The van der Waals surface area contributed by atoms with E-state index in [0.717, 1.165) is 193 Å². The normalized spacial score (nSPS) is 14.8. The number of carbonyl (C=O) groups is 4. The average Bonchev–Trinajstić information content (AvgIpc) is 1.07. The fourth-order valence-electron chi connectivity index (χ4n) is 9.60. The van der Waals surface area contributed by atoms with Gasteiger partial charge in [-0.1, -0.05) is 270 Å². The summed E-state index contributed by atoms with van der Waals surface area (Å²) in [5.74, 6) is -2.36. The number of rotatable bonds is 70. The molecule has 0 aromatic heterocycles. The summed E-state index contributed by atoms with van der Waals surface area (Å²) in [5, 5.41) is 10.6. The third kappa shape index (κ3) is 71.3. The number of phosphoric ester groups is 2. The predicted molar refractivity (Wildman–Crippen MR) is 408 cm³/mol. The molecule has 17 nitrogen and oxygen atoms in total. The third-order valence-corrected chi connectivity index (χ3v) is 17.2. The van der Waals surface area contributed by atoms with Crippen LogP contribution in [0.1, 0.15) is 285 Å². The van der Waals surface area contributed by atoms with E-state index in [9.17, 15) is 43.2 Å². The number of hydrogen-bond donors (Lipinski definition) is 3. The molecule has 0 fully saturated rings. The highest BCUT2D eigenvalue weighted by molar-refractivity contribution is 7.47. The molecule has 0 bridgehead atoms. The van der Waals surface area contributed by atoms with Crippen LogP contribution in [-0.4, -0.2) is 96.7 Å². The summed E-state index contributed by atoms with van der Waals surface area (Å²) in [6.45, 7) is 4.34. The van der Waals surface area contributed by atoms with Gasteiger partial charge in [-0.3, -0.25) is 37.3 Å². The van der Waals surface area contributed by atoms with E-state index in [1.807, 2.05) is 18.2 Å². The maximum atomic E-state index is 13.1. The molecular weight excluding hydrogens is 1310 g/mol. The predicted octanol–water partition coefficient (Wildman–Crippen LogP) is 21.9. The van der Waals surface area contributed by atoms with Crippen molar-refractivity contribution in [1.82, 2.24) is 0 Å². The van der Waals surface area contributed by atoms with Crippen molar-refractivity contribution in [3.63, 3.8) is 0 Å². The maximum Gasteiger partial charge on any atom is 0.472 e. The molecule has 0 amide bonds. The van der Waals surface area contributed by atoms with Crippen molar-refractivity contribution in [2.24, 2.45) is 0 Å². The van der Waals surface area contributed by atoms with Crippen molar-refractivity contribution in [3.8, 4) is 0 Å². The van der Waals surface area contributed by atoms with Crippen LogP contribution in [0.2, 0.25) is 0 Å². The number of ether oxygens (including phenoxy) is 4. The van der Waals surface area contributed by atoms with Crippen molar-refractivity contribution < 1.29 is 80.2 Å². The Kier molecular flexibility index (Phi) is 68.6. The quantitative estimate of drug-likeness (QED) is 0.0169. The van der Waals surface area contributed by atoms with E-state index in [1.165, 1.54) is 12.8 Å². The average molecular weight is 1440 g/mol. The summed E-state index contributed by atoms with van der Waals surface area (Å²) in [6, 6.07) is 0. The van der Waals surface area contributed by atoms with E-state index in [2.05, 4.69) is 149 Å². The Morgan fingerprint density at radius 2 is 0.560 bits per heavy atom. The van der Waals surface area contributed by atoms with Gasteiger partial charge in [0.2, 0.25) is 0 Å². The number of hydrogen-bond acceptors (Lipinski definition) is 15. The molecule has 100 heavy (non-hydrogen) atoms. The minimum absolute atomic E-state index is 0.0613. The second-order valence-corrected chi connectivity index (χ2v) is 27.7. The molecule has 0 aliphatic heterocycles. The molecule has 5 atom stereocenters. The van der Waals surface area contributed by atoms with Crippen LogP contribution in [0.3, 0.4) is 0 Å². The summed E-state index contributed by atoms with van der Waals surface area (Å²) in [6.07, 6.45) is 81.6. The minimum Gasteiger partial charge on any atom is -0.462 e. The minimum atomic E-state index is -5.00. The van der Waals surface area contributed by atoms with Crippen molar-refractivity contribution in [1.29, 1.82) is 0 Å². The molecule has 3 N–H and O–H groups in total. The Labute approximate surface area is 605 Å². The molecule has 0 aliphatic carbocycles. The molecule has 0 aromatic carbocycles. The highest BCUT2D eigenvalue weighted by Gasteiger charge is 2.30. The largest absolute Gasteiger partial charge is 0.472 e. The summed E-state index contributed by atoms with van der Waals surface area (Å²) in [4.78, 5) is 72.8. The Morgan fingerprint density at radius 1 is 0.300 bits per heavy atom. The first kappa shape index (κ1) is 94.9. The molecular formula is C81H134O17P2. The van der Waals surface area contributed by atoms with E-state index in [1.54, 1.807) is 6.08 Å². The number of carbonyl (C=O) groups excluding carboxylic acids is 4. The Morgan fingerprint density at radius 3 is 0.900 bits per heavy atom. The zero-order valence-corrected chi connectivity index (χ0v) is 63.9. The Balaban J connectivity index is 5.42. The number of esters is 4. The maximum absolute atomic E-state index is 13.1. The zero-order chi connectivity index (χ0) is 73.2. The van der Waals surface area contributed by atoms with Gasteiger partial charge in [0.1, 0.15) is 19.3 Å². The SMILES string of the molecule is CC/C=C\C/C=C\C/C=C\C/C=C\C/C=C\CC(=O)OCC(COP(=O)(O)OCC(O)COP(=O)(O)OCC(COC(=O)CCCCCCCCC/C=C\C/C=C\C/C=C\CC)OC(=O)CCCCCCCCC/C=C\C/C=C\C/C=C\CC)OC(=O)CCCCCCC/C=C\CCCC. The van der Waals surface area contributed by atoms with Gasteiger partial charge >= 0.3 is 39.5 Å². The molecule has 0 radical (unpaired) electrons. The highest BCUT2D eigenvalue weighted by Crippen LogP contribution is 2.45. The molecule has 0 aromatic rings. The van der Waals surface area contributed by atoms with Gasteiger partial charge < -0.3 is 33.8 Å². The second kappa shape index (κ2) is 72.3. The lowest BCUT2D eigenvalue weighted by Crippen LogP contribution is -2.30. The summed E-state index contributed by atoms with van der Waals surface area (Å²) in [7, 11) is -9.99. The van der Waals surface area contributed by atoms with Gasteiger partial charge in [0, 0.05) is 19.3 Å². The van der Waals surface area contributed by atoms with E-state index in [4.69, 9.17) is 37.0 Å². The number of aliphatic hydroxyl groups is 1. The van der Waals surface area contributed by atoms with E-state index in [0.29, 0.717) is 25.7 Å². The first-order valence-corrected chi connectivity index (χ1v) is 41.1. The molecule has 0 heterocycles. The Bertz CT molecular complexity index is 2470. The first-order chi connectivity index (χ1) is 48.7. The van der Waals surface area contributed by atoms with Gasteiger partial charge in [-0.05, 0) is 135 Å². The fraction of sp³-hybridized carbons (Fsp3) is 0.654. The van der Waals surface area contributed by atoms with Crippen LogP contribution in [0.25, 0.3) is 0 Å². The van der Waals surface area contributed by atoms with Crippen molar-refractivity contribution in [3.05, 3.63) is 146 Å². The number of unbranched alkanes of at least 4 members (excludes halogenated alkanes) is 21. The van der Waals surface area contributed by atoms with Crippen LogP contribution in [0.5, 0.6) is 0 Å². The monoisotopic (exact) mass is 1440 g/mol. The number of phosphoric acid groups is 2. The molecule has 570 valence electrons. The van der Waals surface area contributed by atoms with Crippen molar-refractivity contribution in [2.45, 2.75) is 303 Å². The molecule has 0 saturated carbocycles. The smallest absolute Gasteiger partial charge is 0.462 e. The van der Waals surface area contributed by atoms with Crippen LogP contribution in [-0.2, 0) is 65.4 Å². The van der Waals surface area contributed by atoms with E-state index >= 15 is 0 Å². The summed E-state index contributed by atoms with van der Waals surface area (Å²) in [5.41, 5.74) is 0. The second-order valence-electron chi connectivity index (χ2n) is 24.8. The van der Waals surface area contributed by atoms with Crippen LogP contribution in [0, 0.1) is 0 Å². The standard InChI is InChI=1S/C81H134O17P2/c1-5-9-13-17-21-25-29-32-35-37-40-43-47-50-54-58-62-66-79(84)92-72-77(98-81(86)68-64-60-56-52-48-44-41-38-36-33-30-26-22-18-14-10-6-2)74-96-100(89,90)94-70-75(82)69-93-99(87,88)95-73-76(97-80(85)67-63-59-55-51-45-28-24-20-16-12-8-4)71-91-78(83)65-61-57-53-49-46-42-39-34-31-27-23-19-15-11-7-3/h9-11,13-15,20-27,32-36,39,46,49,57,61,75-77,82H,5-8,12,16-19,28-31,37-38,40-45,47-48,50-56,58-60,62-74H2,1-4H3,(H,87,88)(H,89,90)/b13-9-,14-10-,15-11-,24-20-,25-21-,26-22-,27-23-,35-32-,36-33-,39-34-,49-46-,61-57-. The van der Waals surface area contributed by atoms with Gasteiger partial charge in [0.05, 0.1) is 32.8 Å². The van der Waals surface area contributed by atoms with Gasteiger partial charge in [-0.15, -0.1) is 0 Å². The van der Waals surface area contributed by atoms with Crippen LogP contribution in [0.15, 0.2) is 146 Å². The molecule has 0 rings (SSSR count). The zero-order valence-electron chi connectivity index (χ0n) is 62.1. The lowest BCUT2D eigenvalue weighted by atomic mass is 10.1. The summed E-state index contributed by atoms with van der Waals surface area (Å²) >= 11 is 0. The molecule has 19 heteroatoms. The summed E-state index contributed by atoms with van der Waals surface area (Å²) < 4.78 is 68.3. The highest BCUT2D eigenvalue weighted by atomic mass is 31.2. The van der Waals surface area contributed by atoms with Gasteiger partial charge in [-0.2, -0.15) is 0 Å². The molecule has 0 spiro atoms. The van der Waals surface area contributed by atoms with Crippen molar-refractivity contribution in [2.75, 3.05) is 39.6 Å². The number of aliphatic hydroxyl groups excluding tert-OH is 1. The topological polar surface area (TPSA) is 237 Å². The molecule has 5 unspecified atom stereocenters. The van der Waals surface area contributed by atoms with Gasteiger partial charge in [0.25, 0.3) is 0 Å². The Hall–Kier alpha value is -5.06.